The topological polar surface area (TPSA) is 95.9 Å². The molecule has 79 heavy (non-hydrogen) atoms. The summed E-state index contributed by atoms with van der Waals surface area (Å²) in [5, 5.41) is 23.4. The lowest BCUT2D eigenvalue weighted by molar-refractivity contribution is -0.143. The number of hydrogen-bond acceptors (Lipinski definition) is 5. The van der Waals surface area contributed by atoms with E-state index in [1.165, 1.54) is 327 Å². The monoisotopic (exact) mass is 1110 g/mol. The van der Waals surface area contributed by atoms with Crippen molar-refractivity contribution in [2.24, 2.45) is 0 Å². The zero-order valence-electron chi connectivity index (χ0n) is 53.6. The first-order valence-corrected chi connectivity index (χ1v) is 36.1. The Morgan fingerprint density at radius 3 is 0.924 bits per heavy atom. The van der Waals surface area contributed by atoms with E-state index in [1.54, 1.807) is 0 Å². The standard InChI is InChI=1S/C73H141NO5/c1-3-5-7-9-11-13-15-17-18-19-20-30-33-36-39-42-45-49-53-57-61-65-71(76)70(69-75)74-72(77)66-62-58-54-50-46-43-40-37-34-31-28-26-24-22-21-23-25-27-29-32-35-38-41-44-48-52-56-60-64-68-79-73(78)67-63-59-55-51-47-16-14-12-10-8-6-4-2/h12,14,21,23,70-71,75-76H,3-11,13,15-20,22,24-69H2,1-2H3,(H,74,77)/b14-12-,23-21-. The van der Waals surface area contributed by atoms with Crippen LogP contribution >= 0.6 is 0 Å². The highest BCUT2D eigenvalue weighted by Gasteiger charge is 2.20. The Labute approximate surface area is 494 Å². The summed E-state index contributed by atoms with van der Waals surface area (Å²) in [4.78, 5) is 24.6. The van der Waals surface area contributed by atoms with E-state index < -0.39 is 12.1 Å². The molecule has 0 aromatic rings. The van der Waals surface area contributed by atoms with Crippen LogP contribution in [0.15, 0.2) is 24.3 Å². The molecule has 2 atom stereocenters. The normalized spacial score (nSPS) is 12.6. The summed E-state index contributed by atoms with van der Waals surface area (Å²) in [6.07, 6.45) is 86.6. The van der Waals surface area contributed by atoms with Gasteiger partial charge in [0.1, 0.15) is 0 Å². The molecule has 0 aromatic carbocycles. The number of hydrogen-bond donors (Lipinski definition) is 3. The van der Waals surface area contributed by atoms with E-state index in [9.17, 15) is 19.8 Å². The van der Waals surface area contributed by atoms with E-state index in [0.717, 1.165) is 44.9 Å². The molecule has 2 unspecified atom stereocenters. The zero-order chi connectivity index (χ0) is 57.1. The highest BCUT2D eigenvalue weighted by molar-refractivity contribution is 5.76. The third-order valence-electron chi connectivity index (χ3n) is 17.0. The number of carbonyl (C=O) groups excluding carboxylic acids is 2. The van der Waals surface area contributed by atoms with Gasteiger partial charge >= 0.3 is 5.97 Å². The zero-order valence-corrected chi connectivity index (χ0v) is 53.6. The molecule has 0 rings (SSSR count). The molecular formula is C73H141NO5. The van der Waals surface area contributed by atoms with Crippen molar-refractivity contribution >= 4 is 11.9 Å². The Morgan fingerprint density at radius 2 is 0.595 bits per heavy atom. The molecule has 468 valence electrons. The summed E-state index contributed by atoms with van der Waals surface area (Å²) in [7, 11) is 0. The van der Waals surface area contributed by atoms with Gasteiger partial charge in [-0.1, -0.05) is 340 Å². The first kappa shape index (κ1) is 77.3. The molecule has 0 aliphatic heterocycles. The number of rotatable bonds is 68. The molecule has 0 aliphatic carbocycles. The minimum Gasteiger partial charge on any atom is -0.466 e. The number of amides is 1. The Balaban J connectivity index is 3.38. The van der Waals surface area contributed by atoms with E-state index in [0.29, 0.717) is 25.9 Å². The summed E-state index contributed by atoms with van der Waals surface area (Å²) in [6.45, 7) is 4.97. The van der Waals surface area contributed by atoms with Gasteiger partial charge in [0.15, 0.2) is 0 Å². The molecule has 0 radical (unpaired) electrons. The van der Waals surface area contributed by atoms with Gasteiger partial charge < -0.3 is 20.3 Å². The van der Waals surface area contributed by atoms with Gasteiger partial charge in [-0.2, -0.15) is 0 Å². The summed E-state index contributed by atoms with van der Waals surface area (Å²) >= 11 is 0. The van der Waals surface area contributed by atoms with Gasteiger partial charge in [-0.3, -0.25) is 9.59 Å². The number of esters is 1. The number of ether oxygens (including phenoxy) is 1. The van der Waals surface area contributed by atoms with Crippen LogP contribution in [0.4, 0.5) is 0 Å². The van der Waals surface area contributed by atoms with Crippen LogP contribution in [0.1, 0.15) is 406 Å². The van der Waals surface area contributed by atoms with Crippen molar-refractivity contribution in [3.05, 3.63) is 24.3 Å². The summed E-state index contributed by atoms with van der Waals surface area (Å²) in [5.41, 5.74) is 0. The average molecular weight is 1110 g/mol. The summed E-state index contributed by atoms with van der Waals surface area (Å²) < 4.78 is 5.47. The van der Waals surface area contributed by atoms with Gasteiger partial charge in [-0.15, -0.1) is 0 Å². The summed E-state index contributed by atoms with van der Waals surface area (Å²) in [5.74, 6) is -0.0225. The number of nitrogens with one attached hydrogen (secondary N) is 1. The van der Waals surface area contributed by atoms with Crippen LogP contribution in [-0.4, -0.2) is 47.4 Å². The van der Waals surface area contributed by atoms with Gasteiger partial charge in [-0.05, 0) is 77.0 Å². The quantitative estimate of drug-likeness (QED) is 0.0320. The van der Waals surface area contributed by atoms with Crippen LogP contribution in [0.3, 0.4) is 0 Å². The van der Waals surface area contributed by atoms with Crippen molar-refractivity contribution in [1.82, 2.24) is 5.32 Å². The molecule has 6 nitrogen and oxygen atoms in total. The molecule has 0 aliphatic rings. The molecule has 0 spiro atoms. The lowest BCUT2D eigenvalue weighted by atomic mass is 10.0. The smallest absolute Gasteiger partial charge is 0.305 e. The fourth-order valence-electron chi connectivity index (χ4n) is 11.5. The van der Waals surface area contributed by atoms with Crippen molar-refractivity contribution in [3.63, 3.8) is 0 Å². The maximum absolute atomic E-state index is 12.5. The molecule has 1 amide bonds. The third kappa shape index (κ3) is 65.4. The van der Waals surface area contributed by atoms with E-state index >= 15 is 0 Å². The Morgan fingerprint density at radius 1 is 0.342 bits per heavy atom. The molecule has 0 saturated carbocycles. The lowest BCUT2D eigenvalue weighted by Gasteiger charge is -2.22. The molecule has 0 fully saturated rings. The van der Waals surface area contributed by atoms with E-state index in [-0.39, 0.29) is 18.5 Å². The van der Waals surface area contributed by atoms with Gasteiger partial charge in [0.25, 0.3) is 0 Å². The minimum atomic E-state index is -0.665. The second kappa shape index (κ2) is 68.8. The number of carbonyl (C=O) groups is 2. The number of aliphatic hydroxyl groups excluding tert-OH is 2. The van der Waals surface area contributed by atoms with Crippen LogP contribution < -0.4 is 5.32 Å². The maximum atomic E-state index is 12.5. The van der Waals surface area contributed by atoms with Crippen molar-refractivity contribution in [2.45, 2.75) is 418 Å². The van der Waals surface area contributed by atoms with Crippen molar-refractivity contribution in [2.75, 3.05) is 13.2 Å². The molecule has 0 heterocycles. The summed E-state index contributed by atoms with van der Waals surface area (Å²) in [6, 6.07) is -0.542. The molecule has 3 N–H and O–H groups in total. The minimum absolute atomic E-state index is 0.00706. The SMILES string of the molecule is CCCCC/C=C\CCCCCCCC(=O)OCCCCCCCCCCCCCC/C=C\CCCCCCCCCCCCCCCC(=O)NC(CO)C(O)CCCCCCCCCCCCCCCCCCCCCCC. The number of allylic oxidation sites excluding steroid dienone is 4. The van der Waals surface area contributed by atoms with Gasteiger partial charge in [0, 0.05) is 12.8 Å². The van der Waals surface area contributed by atoms with Gasteiger partial charge in [0.05, 0.1) is 25.4 Å². The molecule has 0 saturated heterocycles. The lowest BCUT2D eigenvalue weighted by Crippen LogP contribution is -2.45. The molecule has 0 bridgehead atoms. The van der Waals surface area contributed by atoms with Crippen molar-refractivity contribution in [3.8, 4) is 0 Å². The third-order valence-corrected chi connectivity index (χ3v) is 17.0. The maximum Gasteiger partial charge on any atom is 0.305 e. The fraction of sp³-hybridized carbons (Fsp3) is 0.918. The Hall–Kier alpha value is -1.66. The van der Waals surface area contributed by atoms with Crippen molar-refractivity contribution in [1.29, 1.82) is 0 Å². The van der Waals surface area contributed by atoms with Crippen LogP contribution in [0.25, 0.3) is 0 Å². The predicted octanol–water partition coefficient (Wildman–Crippen LogP) is 23.3. The second-order valence-electron chi connectivity index (χ2n) is 24.9. The van der Waals surface area contributed by atoms with Crippen molar-refractivity contribution < 1.29 is 24.5 Å². The van der Waals surface area contributed by atoms with Gasteiger partial charge in [-0.25, -0.2) is 0 Å². The van der Waals surface area contributed by atoms with Crippen LogP contribution in [-0.2, 0) is 14.3 Å². The predicted molar refractivity (Wildman–Crippen MR) is 347 cm³/mol. The van der Waals surface area contributed by atoms with E-state index in [4.69, 9.17) is 4.74 Å². The largest absolute Gasteiger partial charge is 0.466 e. The molecule has 6 heteroatoms. The van der Waals surface area contributed by atoms with Crippen LogP contribution in [0.2, 0.25) is 0 Å². The number of unbranched alkanes of at least 4 members (excludes halogenated alkanes) is 53. The first-order valence-electron chi connectivity index (χ1n) is 36.1. The van der Waals surface area contributed by atoms with E-state index in [2.05, 4.69) is 43.5 Å². The number of aliphatic hydroxyl groups is 2. The van der Waals surface area contributed by atoms with Crippen LogP contribution in [0.5, 0.6) is 0 Å². The molecule has 0 aromatic heterocycles. The van der Waals surface area contributed by atoms with E-state index in [1.807, 2.05) is 0 Å². The highest BCUT2D eigenvalue weighted by Crippen LogP contribution is 2.19. The van der Waals surface area contributed by atoms with Crippen LogP contribution in [0, 0.1) is 0 Å². The second-order valence-corrected chi connectivity index (χ2v) is 24.9. The molecular weight excluding hydrogens is 971 g/mol. The first-order chi connectivity index (χ1) is 39.0. The fourth-order valence-corrected chi connectivity index (χ4v) is 11.5. The Bertz CT molecular complexity index is 1230. The highest BCUT2D eigenvalue weighted by atomic mass is 16.5. The van der Waals surface area contributed by atoms with Gasteiger partial charge in [0.2, 0.25) is 5.91 Å². The Kier molecular flexibility index (Phi) is 67.4. The average Bonchev–Trinajstić information content (AvgIpc) is 3.45.